The Bertz CT molecular complexity index is 763. The van der Waals surface area contributed by atoms with Crippen LogP contribution < -0.4 is 0 Å². The van der Waals surface area contributed by atoms with Gasteiger partial charge in [0.25, 0.3) is 0 Å². The van der Waals surface area contributed by atoms with Crippen LogP contribution >= 0.6 is 11.6 Å². The minimum Gasteiger partial charge on any atom is -0.461 e. The monoisotopic (exact) mass is 604 g/mol. The molecule has 0 bridgehead atoms. The first-order valence-corrected chi connectivity index (χ1v) is 18.4. The zero-order valence-electron chi connectivity index (χ0n) is 27.4. The van der Waals surface area contributed by atoms with Crippen molar-refractivity contribution in [3.8, 4) is 0 Å². The quantitative estimate of drug-likeness (QED) is 0.0488. The van der Waals surface area contributed by atoms with Crippen LogP contribution in [0.3, 0.4) is 0 Å². The Morgan fingerprint density at radius 3 is 2.12 bits per heavy atom. The number of carbonyl (C=O) groups is 1. The summed E-state index contributed by atoms with van der Waals surface area (Å²) in [6.07, 6.45) is 40.3. The summed E-state index contributed by atoms with van der Waals surface area (Å²) in [4.78, 5) is 12.0. The van der Waals surface area contributed by atoms with Gasteiger partial charge in [-0.3, -0.25) is 4.79 Å². The zero-order chi connectivity index (χ0) is 30.3. The Morgan fingerprint density at radius 1 is 0.833 bits per heavy atom. The molecule has 0 aromatic carbocycles. The van der Waals surface area contributed by atoms with E-state index in [1.54, 1.807) is 0 Å². The fourth-order valence-electron chi connectivity index (χ4n) is 6.83. The highest BCUT2D eigenvalue weighted by atomic mass is 35.5. The van der Waals surface area contributed by atoms with Crippen molar-refractivity contribution in [2.45, 2.75) is 173 Å². The van der Waals surface area contributed by atoms with E-state index in [4.69, 9.17) is 16.3 Å². The second kappa shape index (κ2) is 23.3. The lowest BCUT2D eigenvalue weighted by atomic mass is 9.64. The van der Waals surface area contributed by atoms with E-state index in [0.29, 0.717) is 24.9 Å². The Balaban J connectivity index is 1.45. The van der Waals surface area contributed by atoms with Crippen LogP contribution in [0.1, 0.15) is 162 Å². The zero-order valence-corrected chi connectivity index (χ0v) is 28.1. The third-order valence-corrected chi connectivity index (χ3v) is 10.5. The lowest BCUT2D eigenvalue weighted by molar-refractivity contribution is -0.142. The number of unbranched alkanes of at least 4 members (excludes halogenated alkanes) is 12. The molecule has 0 aromatic heterocycles. The van der Waals surface area contributed by atoms with Gasteiger partial charge < -0.3 is 9.84 Å². The van der Waals surface area contributed by atoms with Crippen molar-refractivity contribution in [1.82, 2.24) is 0 Å². The van der Waals surface area contributed by atoms with Gasteiger partial charge in [-0.2, -0.15) is 0 Å². The number of halogens is 1. The molecular weight excluding hydrogens is 540 g/mol. The molecule has 242 valence electrons. The minimum absolute atomic E-state index is 0.0193. The molecule has 2 saturated carbocycles. The molecule has 0 aromatic rings. The second-order valence-electron chi connectivity index (χ2n) is 13.3. The highest BCUT2D eigenvalue weighted by Gasteiger charge is 2.39. The van der Waals surface area contributed by atoms with E-state index in [9.17, 15) is 9.90 Å². The third kappa shape index (κ3) is 15.6. The van der Waals surface area contributed by atoms with Crippen molar-refractivity contribution in [2.75, 3.05) is 6.61 Å². The average molecular weight is 605 g/mol. The van der Waals surface area contributed by atoms with Crippen LogP contribution in [0.4, 0.5) is 0 Å². The molecule has 0 radical (unpaired) electrons. The molecule has 42 heavy (non-hydrogen) atoms. The standard InChI is InChI=1S/C38H65ClO3/c1-3-5-6-7-8-9-10-11-12-13-14-15-18-23-31-42-37(41)27-20-17-16-19-25-33-34(36(40)32-35(33)39)26-21-22-28-38(4-2)29-24-30-38/h16,18-19,21,23,26,33-36,40H,3-15,17,20,22,24-25,27-32H2,1-2H3/b19-16-,23-18+,26-21+/t33-,34-,35?,36-/m1/s1. The molecule has 0 spiro atoms. The summed E-state index contributed by atoms with van der Waals surface area (Å²) in [5, 5.41) is 10.6. The average Bonchev–Trinajstić information content (AvgIpc) is 3.23. The van der Waals surface area contributed by atoms with Crippen LogP contribution in [0, 0.1) is 17.3 Å². The number of aliphatic hydroxyl groups excluding tert-OH is 1. The first kappa shape index (κ1) is 37.1. The van der Waals surface area contributed by atoms with Crippen LogP contribution in [0.15, 0.2) is 36.5 Å². The predicted molar refractivity (Wildman–Crippen MR) is 181 cm³/mol. The van der Waals surface area contributed by atoms with E-state index < -0.39 is 0 Å². The smallest absolute Gasteiger partial charge is 0.306 e. The van der Waals surface area contributed by atoms with Crippen molar-refractivity contribution in [3.63, 3.8) is 0 Å². The summed E-state index contributed by atoms with van der Waals surface area (Å²) in [5.41, 5.74) is 0.588. The van der Waals surface area contributed by atoms with Crippen LogP contribution in [0.25, 0.3) is 0 Å². The van der Waals surface area contributed by atoms with E-state index in [2.05, 4.69) is 44.2 Å². The number of allylic oxidation sites excluding steroid dienone is 4. The normalized spacial score (nSPS) is 23.8. The van der Waals surface area contributed by atoms with Gasteiger partial charge in [-0.15, -0.1) is 11.6 Å². The molecule has 0 saturated heterocycles. The lowest BCUT2D eigenvalue weighted by Crippen LogP contribution is -2.28. The molecule has 3 nitrogen and oxygen atoms in total. The highest BCUT2D eigenvalue weighted by Crippen LogP contribution is 2.47. The molecule has 0 aliphatic heterocycles. The predicted octanol–water partition coefficient (Wildman–Crippen LogP) is 11.4. The third-order valence-electron chi connectivity index (χ3n) is 10.0. The van der Waals surface area contributed by atoms with Crippen LogP contribution in [0.2, 0.25) is 0 Å². The summed E-state index contributed by atoms with van der Waals surface area (Å²) >= 11 is 6.63. The number of aliphatic hydroxyl groups is 1. The molecule has 2 aliphatic carbocycles. The summed E-state index contributed by atoms with van der Waals surface area (Å²) in [6.45, 7) is 4.99. The Labute approximate surface area is 265 Å². The van der Waals surface area contributed by atoms with E-state index in [-0.39, 0.29) is 29.3 Å². The molecule has 4 atom stereocenters. The number of rotatable bonds is 25. The highest BCUT2D eigenvalue weighted by molar-refractivity contribution is 6.21. The molecule has 2 aliphatic rings. The summed E-state index contributed by atoms with van der Waals surface area (Å²) < 4.78 is 5.36. The Hall–Kier alpha value is -1.06. The summed E-state index contributed by atoms with van der Waals surface area (Å²) in [5.74, 6) is 0.313. The molecule has 2 fully saturated rings. The number of ether oxygens (including phenoxy) is 1. The fourth-order valence-corrected chi connectivity index (χ4v) is 7.28. The van der Waals surface area contributed by atoms with Crippen molar-refractivity contribution in [3.05, 3.63) is 36.5 Å². The van der Waals surface area contributed by atoms with Gasteiger partial charge >= 0.3 is 5.97 Å². The minimum atomic E-state index is -0.338. The number of hydrogen-bond acceptors (Lipinski definition) is 3. The van der Waals surface area contributed by atoms with Gasteiger partial charge in [-0.1, -0.05) is 127 Å². The topological polar surface area (TPSA) is 46.5 Å². The van der Waals surface area contributed by atoms with Gasteiger partial charge in [0.1, 0.15) is 6.61 Å². The first-order valence-electron chi connectivity index (χ1n) is 18.0. The molecule has 0 heterocycles. The maximum Gasteiger partial charge on any atom is 0.306 e. The number of carbonyl (C=O) groups excluding carboxylic acids is 1. The van der Waals surface area contributed by atoms with Crippen molar-refractivity contribution < 1.29 is 14.6 Å². The van der Waals surface area contributed by atoms with E-state index in [1.807, 2.05) is 6.08 Å². The Kier molecular flexibility index (Phi) is 20.6. The largest absolute Gasteiger partial charge is 0.461 e. The molecule has 1 unspecified atom stereocenters. The van der Waals surface area contributed by atoms with E-state index in [0.717, 1.165) is 32.1 Å². The Morgan fingerprint density at radius 2 is 1.48 bits per heavy atom. The summed E-state index contributed by atoms with van der Waals surface area (Å²) in [7, 11) is 0. The van der Waals surface area contributed by atoms with Gasteiger partial charge in [-0.25, -0.2) is 0 Å². The molecule has 2 rings (SSSR count). The van der Waals surface area contributed by atoms with E-state index in [1.165, 1.54) is 103 Å². The SMILES string of the molecule is CCCCCCCCCCCCC/C=C/COC(=O)CCC/C=C\C[C@H]1C(Cl)C[C@@H](O)[C@@H]1/C=C/CCC1(CC)CCC1. The van der Waals surface area contributed by atoms with Gasteiger partial charge in [0.05, 0.1) is 6.10 Å². The number of alkyl halides is 1. The van der Waals surface area contributed by atoms with Crippen LogP contribution in [-0.4, -0.2) is 29.2 Å². The molecular formula is C38H65ClO3. The molecule has 4 heteroatoms. The lowest BCUT2D eigenvalue weighted by Gasteiger charge is -2.41. The maximum absolute atomic E-state index is 12.0. The maximum atomic E-state index is 12.0. The molecule has 0 amide bonds. The van der Waals surface area contributed by atoms with E-state index >= 15 is 0 Å². The first-order chi connectivity index (χ1) is 20.5. The molecule has 1 N–H and O–H groups in total. The number of esters is 1. The van der Waals surface area contributed by atoms with Gasteiger partial charge in [0, 0.05) is 17.7 Å². The fraction of sp³-hybridized carbons (Fsp3) is 0.816. The summed E-state index contributed by atoms with van der Waals surface area (Å²) in [6, 6.07) is 0. The van der Waals surface area contributed by atoms with Gasteiger partial charge in [0.15, 0.2) is 0 Å². The van der Waals surface area contributed by atoms with Crippen LogP contribution in [-0.2, 0) is 9.53 Å². The van der Waals surface area contributed by atoms with Gasteiger partial charge in [0.2, 0.25) is 0 Å². The van der Waals surface area contributed by atoms with Crippen molar-refractivity contribution in [1.29, 1.82) is 0 Å². The van der Waals surface area contributed by atoms with Gasteiger partial charge in [-0.05, 0) is 75.5 Å². The number of hydrogen-bond donors (Lipinski definition) is 1. The van der Waals surface area contributed by atoms with Crippen LogP contribution in [0.5, 0.6) is 0 Å². The van der Waals surface area contributed by atoms with Crippen molar-refractivity contribution in [2.24, 2.45) is 17.3 Å². The van der Waals surface area contributed by atoms with Crippen molar-refractivity contribution >= 4 is 17.6 Å². The second-order valence-corrected chi connectivity index (χ2v) is 13.9.